The zero-order chi connectivity index (χ0) is 15.7. The molecule has 112 valence electrons. The summed E-state index contributed by atoms with van der Waals surface area (Å²) in [5, 5.41) is 3.51. The van der Waals surface area contributed by atoms with Crippen molar-refractivity contribution in [1.29, 1.82) is 0 Å². The summed E-state index contributed by atoms with van der Waals surface area (Å²) in [6.07, 6.45) is 1.86. The third kappa shape index (κ3) is 2.45. The molecular weight excluding hydrogens is 286 g/mol. The Morgan fingerprint density at radius 2 is 1.77 bits per heavy atom. The SMILES string of the molecule is Cn1ccc2cccc(C(=O)NCc3c(F)cccc3F)c21. The van der Waals surface area contributed by atoms with E-state index in [2.05, 4.69) is 5.32 Å². The van der Waals surface area contributed by atoms with Crippen LogP contribution in [0.1, 0.15) is 15.9 Å². The molecule has 5 heteroatoms. The van der Waals surface area contributed by atoms with Gasteiger partial charge in [0.1, 0.15) is 11.6 Å². The number of hydrogen-bond donors (Lipinski definition) is 1. The average molecular weight is 300 g/mol. The lowest BCUT2D eigenvalue weighted by atomic mass is 10.1. The highest BCUT2D eigenvalue weighted by Gasteiger charge is 2.14. The van der Waals surface area contributed by atoms with Gasteiger partial charge in [-0.25, -0.2) is 8.78 Å². The third-order valence-corrected chi connectivity index (χ3v) is 3.63. The predicted molar refractivity (Wildman–Crippen MR) is 80.4 cm³/mol. The number of para-hydroxylation sites is 1. The Balaban J connectivity index is 1.87. The molecule has 1 aromatic heterocycles. The first-order valence-electron chi connectivity index (χ1n) is 6.83. The van der Waals surface area contributed by atoms with Crippen LogP contribution in [0.15, 0.2) is 48.7 Å². The number of amides is 1. The minimum Gasteiger partial charge on any atom is -0.350 e. The number of rotatable bonds is 3. The number of nitrogens with one attached hydrogen (secondary N) is 1. The lowest BCUT2D eigenvalue weighted by molar-refractivity contribution is 0.0951. The minimum atomic E-state index is -0.669. The molecule has 3 nitrogen and oxygen atoms in total. The number of fused-ring (bicyclic) bond motifs is 1. The maximum Gasteiger partial charge on any atom is 0.253 e. The third-order valence-electron chi connectivity index (χ3n) is 3.63. The van der Waals surface area contributed by atoms with Crippen molar-refractivity contribution in [2.45, 2.75) is 6.54 Å². The molecule has 0 unspecified atom stereocenters. The Morgan fingerprint density at radius 1 is 1.09 bits per heavy atom. The second-order valence-corrected chi connectivity index (χ2v) is 5.05. The number of nitrogens with zero attached hydrogens (tertiary/aromatic N) is 1. The molecule has 0 spiro atoms. The van der Waals surface area contributed by atoms with Gasteiger partial charge in [0.25, 0.3) is 5.91 Å². The van der Waals surface area contributed by atoms with Gasteiger partial charge in [-0.1, -0.05) is 18.2 Å². The van der Waals surface area contributed by atoms with Crippen LogP contribution in [0.5, 0.6) is 0 Å². The van der Waals surface area contributed by atoms with Crippen LogP contribution in [-0.4, -0.2) is 10.5 Å². The summed E-state index contributed by atoms with van der Waals surface area (Å²) in [4.78, 5) is 12.3. The number of benzene rings is 2. The molecule has 1 amide bonds. The zero-order valence-electron chi connectivity index (χ0n) is 11.9. The van der Waals surface area contributed by atoms with Crippen LogP contribution in [-0.2, 0) is 13.6 Å². The topological polar surface area (TPSA) is 34.0 Å². The highest BCUT2D eigenvalue weighted by molar-refractivity contribution is 6.05. The van der Waals surface area contributed by atoms with Gasteiger partial charge in [0.2, 0.25) is 0 Å². The molecule has 0 radical (unpaired) electrons. The summed E-state index contributed by atoms with van der Waals surface area (Å²) < 4.78 is 29.0. The Hall–Kier alpha value is -2.69. The fraction of sp³-hybridized carbons (Fsp3) is 0.118. The average Bonchev–Trinajstić information content (AvgIpc) is 2.88. The van der Waals surface area contributed by atoms with Gasteiger partial charge in [-0.2, -0.15) is 0 Å². The highest BCUT2D eigenvalue weighted by atomic mass is 19.1. The van der Waals surface area contributed by atoms with E-state index in [9.17, 15) is 13.6 Å². The van der Waals surface area contributed by atoms with Gasteiger partial charge >= 0.3 is 0 Å². The van der Waals surface area contributed by atoms with Gasteiger partial charge in [-0.3, -0.25) is 4.79 Å². The van der Waals surface area contributed by atoms with E-state index >= 15 is 0 Å². The summed E-state index contributed by atoms with van der Waals surface area (Å²) in [6, 6.07) is 10.9. The van der Waals surface area contributed by atoms with Gasteiger partial charge in [-0.15, -0.1) is 0 Å². The van der Waals surface area contributed by atoms with Gasteiger partial charge in [0, 0.05) is 30.7 Å². The number of aryl methyl sites for hydroxylation is 1. The van der Waals surface area contributed by atoms with Crippen LogP contribution in [0.2, 0.25) is 0 Å². The van der Waals surface area contributed by atoms with Crippen molar-refractivity contribution in [3.63, 3.8) is 0 Å². The molecule has 0 aliphatic carbocycles. The van der Waals surface area contributed by atoms with Crippen LogP contribution in [0.25, 0.3) is 10.9 Å². The van der Waals surface area contributed by atoms with Crippen molar-refractivity contribution in [3.8, 4) is 0 Å². The second kappa shape index (κ2) is 5.60. The predicted octanol–water partition coefficient (Wildman–Crippen LogP) is 3.39. The molecule has 0 saturated heterocycles. The lowest BCUT2D eigenvalue weighted by Crippen LogP contribution is -2.24. The van der Waals surface area contributed by atoms with Crippen LogP contribution < -0.4 is 5.32 Å². The molecule has 0 bridgehead atoms. The summed E-state index contributed by atoms with van der Waals surface area (Å²) >= 11 is 0. The van der Waals surface area contributed by atoms with Gasteiger partial charge in [0.15, 0.2) is 0 Å². The first kappa shape index (κ1) is 14.3. The normalized spacial score (nSPS) is 10.9. The molecule has 0 saturated carbocycles. The maximum atomic E-state index is 13.6. The summed E-state index contributed by atoms with van der Waals surface area (Å²) in [5.41, 5.74) is 1.12. The summed E-state index contributed by atoms with van der Waals surface area (Å²) in [7, 11) is 1.84. The van der Waals surface area contributed by atoms with Gasteiger partial charge < -0.3 is 9.88 Å². The Morgan fingerprint density at radius 3 is 2.50 bits per heavy atom. The molecule has 2 aromatic carbocycles. The van der Waals surface area contributed by atoms with E-state index in [4.69, 9.17) is 0 Å². The highest BCUT2D eigenvalue weighted by Crippen LogP contribution is 2.19. The molecule has 0 atom stereocenters. The smallest absolute Gasteiger partial charge is 0.253 e. The standard InChI is InChI=1S/C17H14F2N2O/c1-21-9-8-11-4-2-5-12(16(11)21)17(22)20-10-13-14(18)6-3-7-15(13)19/h2-9H,10H2,1H3,(H,20,22). The minimum absolute atomic E-state index is 0.144. The van der Waals surface area contributed by atoms with Crippen molar-refractivity contribution in [1.82, 2.24) is 9.88 Å². The van der Waals surface area contributed by atoms with E-state index < -0.39 is 11.6 Å². The molecular formula is C17H14F2N2O. The number of halogens is 2. The molecule has 3 rings (SSSR count). The number of carbonyl (C=O) groups is 1. The summed E-state index contributed by atoms with van der Waals surface area (Å²) in [5.74, 6) is -1.70. The largest absolute Gasteiger partial charge is 0.350 e. The number of hydrogen-bond acceptors (Lipinski definition) is 1. The fourth-order valence-electron chi connectivity index (χ4n) is 2.50. The monoisotopic (exact) mass is 300 g/mol. The molecule has 0 fully saturated rings. The maximum absolute atomic E-state index is 13.6. The molecule has 3 aromatic rings. The van der Waals surface area contributed by atoms with Crippen molar-refractivity contribution in [3.05, 3.63) is 71.4 Å². The van der Waals surface area contributed by atoms with E-state index in [0.29, 0.717) is 5.56 Å². The van der Waals surface area contributed by atoms with Gasteiger partial charge in [0.05, 0.1) is 11.1 Å². The molecule has 0 aliphatic rings. The number of carbonyl (C=O) groups excluding carboxylic acids is 1. The van der Waals surface area contributed by atoms with Crippen LogP contribution in [0, 0.1) is 11.6 Å². The molecule has 22 heavy (non-hydrogen) atoms. The van der Waals surface area contributed by atoms with E-state index in [1.807, 2.05) is 29.9 Å². The van der Waals surface area contributed by atoms with Crippen molar-refractivity contribution in [2.75, 3.05) is 0 Å². The van der Waals surface area contributed by atoms with Crippen molar-refractivity contribution in [2.24, 2.45) is 7.05 Å². The molecule has 1 N–H and O–H groups in total. The molecule has 1 heterocycles. The van der Waals surface area contributed by atoms with Crippen molar-refractivity contribution >= 4 is 16.8 Å². The van der Waals surface area contributed by atoms with Crippen LogP contribution in [0.3, 0.4) is 0 Å². The zero-order valence-corrected chi connectivity index (χ0v) is 11.9. The lowest BCUT2D eigenvalue weighted by Gasteiger charge is -2.09. The van der Waals surface area contributed by atoms with E-state index in [0.717, 1.165) is 10.9 Å². The van der Waals surface area contributed by atoms with E-state index in [-0.39, 0.29) is 18.0 Å². The van der Waals surface area contributed by atoms with Crippen molar-refractivity contribution < 1.29 is 13.6 Å². The van der Waals surface area contributed by atoms with Gasteiger partial charge in [-0.05, 0) is 24.3 Å². The first-order chi connectivity index (χ1) is 10.6. The Labute approximate surface area is 126 Å². The Bertz CT molecular complexity index is 835. The van der Waals surface area contributed by atoms with Crippen LogP contribution in [0.4, 0.5) is 8.78 Å². The van der Waals surface area contributed by atoms with E-state index in [1.165, 1.54) is 18.2 Å². The quantitative estimate of drug-likeness (QED) is 0.790. The van der Waals surface area contributed by atoms with E-state index in [1.54, 1.807) is 12.1 Å². The second-order valence-electron chi connectivity index (χ2n) is 5.05. The Kier molecular flexibility index (Phi) is 3.63. The first-order valence-corrected chi connectivity index (χ1v) is 6.83. The fourth-order valence-corrected chi connectivity index (χ4v) is 2.50. The molecule has 0 aliphatic heterocycles. The van der Waals surface area contributed by atoms with Crippen LogP contribution >= 0.6 is 0 Å². The number of aromatic nitrogens is 1. The summed E-state index contributed by atoms with van der Waals surface area (Å²) in [6.45, 7) is -0.196.